The molecule has 1 amide bonds. The van der Waals surface area contributed by atoms with Gasteiger partial charge in [0, 0.05) is 32.0 Å². The first kappa shape index (κ1) is 18.7. The fraction of sp³-hybridized carbons (Fsp3) is 0.318. The highest BCUT2D eigenvalue weighted by atomic mass is 19.1. The lowest BCUT2D eigenvalue weighted by Crippen LogP contribution is -2.24. The van der Waals surface area contributed by atoms with Crippen LogP contribution in [0.4, 0.5) is 4.39 Å². The van der Waals surface area contributed by atoms with E-state index < -0.39 is 5.95 Å². The van der Waals surface area contributed by atoms with Crippen molar-refractivity contribution < 1.29 is 18.7 Å². The van der Waals surface area contributed by atoms with E-state index in [2.05, 4.69) is 10.1 Å². The van der Waals surface area contributed by atoms with Crippen LogP contribution in [0.2, 0.25) is 0 Å². The summed E-state index contributed by atoms with van der Waals surface area (Å²) in [6.07, 6.45) is 5.15. The monoisotopic (exact) mass is 408 g/mol. The van der Waals surface area contributed by atoms with Crippen LogP contribution >= 0.6 is 0 Å². The maximum atomic E-state index is 13.7. The number of benzene rings is 1. The van der Waals surface area contributed by atoms with Gasteiger partial charge in [0.25, 0.3) is 5.91 Å². The molecule has 2 aliphatic heterocycles. The molecule has 2 aliphatic rings. The molecule has 0 saturated carbocycles. The van der Waals surface area contributed by atoms with Crippen molar-refractivity contribution in [3.8, 4) is 11.6 Å². The van der Waals surface area contributed by atoms with Gasteiger partial charge in [0.1, 0.15) is 12.2 Å². The van der Waals surface area contributed by atoms with E-state index in [1.54, 1.807) is 23.2 Å². The molecule has 0 spiro atoms. The average Bonchev–Trinajstić information content (AvgIpc) is 3.49. The molecule has 1 unspecified atom stereocenters. The Bertz CT molecular complexity index is 1060. The number of fused-ring (bicyclic) bond motifs is 1. The highest BCUT2D eigenvalue weighted by molar-refractivity contribution is 6.00. The van der Waals surface area contributed by atoms with E-state index >= 15 is 0 Å². The summed E-state index contributed by atoms with van der Waals surface area (Å²) < 4.78 is 26.3. The number of carbonyl (C=O) groups is 1. The second kappa shape index (κ2) is 7.87. The molecule has 7 nitrogen and oxygen atoms in total. The fourth-order valence-electron chi connectivity index (χ4n) is 3.90. The first-order chi connectivity index (χ1) is 14.7. The molecule has 0 bridgehead atoms. The van der Waals surface area contributed by atoms with Gasteiger partial charge in [0.2, 0.25) is 11.8 Å². The molecule has 2 aromatic heterocycles. The number of aromatic nitrogens is 3. The third-order valence-electron chi connectivity index (χ3n) is 5.45. The van der Waals surface area contributed by atoms with Crippen molar-refractivity contribution in [2.75, 3.05) is 13.2 Å². The number of pyridine rings is 1. The van der Waals surface area contributed by atoms with Crippen LogP contribution in [-0.2, 0) is 17.8 Å². The molecule has 30 heavy (non-hydrogen) atoms. The van der Waals surface area contributed by atoms with Crippen molar-refractivity contribution in [2.45, 2.75) is 32.0 Å². The zero-order valence-corrected chi connectivity index (χ0v) is 16.3. The molecule has 154 valence electrons. The van der Waals surface area contributed by atoms with Crippen molar-refractivity contribution in [1.29, 1.82) is 0 Å². The number of hydrogen-bond acceptors (Lipinski definition) is 5. The molecule has 8 heteroatoms. The van der Waals surface area contributed by atoms with Gasteiger partial charge in [-0.25, -0.2) is 9.67 Å². The molecule has 1 aromatic carbocycles. The van der Waals surface area contributed by atoms with Gasteiger partial charge in [-0.15, -0.1) is 0 Å². The Kier molecular flexibility index (Phi) is 4.92. The predicted octanol–water partition coefficient (Wildman–Crippen LogP) is 3.12. The van der Waals surface area contributed by atoms with Crippen LogP contribution in [0.25, 0.3) is 5.69 Å². The Balaban J connectivity index is 1.28. The molecule has 5 rings (SSSR count). The molecular formula is C22H21FN4O3. The quantitative estimate of drug-likeness (QED) is 0.627. The van der Waals surface area contributed by atoms with Crippen LogP contribution in [0, 0.1) is 5.95 Å². The smallest absolute Gasteiger partial charge is 0.260 e. The highest BCUT2D eigenvalue weighted by Crippen LogP contribution is 2.30. The van der Waals surface area contributed by atoms with E-state index in [0.717, 1.165) is 30.6 Å². The van der Waals surface area contributed by atoms with E-state index in [0.29, 0.717) is 36.8 Å². The summed E-state index contributed by atoms with van der Waals surface area (Å²) in [4.78, 5) is 19.1. The van der Waals surface area contributed by atoms with E-state index in [4.69, 9.17) is 9.47 Å². The van der Waals surface area contributed by atoms with Gasteiger partial charge < -0.3 is 14.4 Å². The number of carbonyl (C=O) groups excluding carboxylic acids is 1. The summed E-state index contributed by atoms with van der Waals surface area (Å²) in [6.45, 7) is 2.11. The van der Waals surface area contributed by atoms with Gasteiger partial charge in [-0.3, -0.25) is 4.79 Å². The molecule has 1 saturated heterocycles. The normalized spacial score (nSPS) is 18.1. The lowest BCUT2D eigenvalue weighted by Gasteiger charge is -2.16. The van der Waals surface area contributed by atoms with Gasteiger partial charge in [-0.2, -0.15) is 9.49 Å². The Morgan fingerprint density at radius 2 is 2.03 bits per heavy atom. The number of ether oxygens (including phenoxy) is 2. The Morgan fingerprint density at radius 1 is 1.17 bits per heavy atom. The molecule has 4 heterocycles. The van der Waals surface area contributed by atoms with Gasteiger partial charge in [-0.05, 0) is 42.2 Å². The first-order valence-corrected chi connectivity index (χ1v) is 9.99. The number of halogens is 1. The Morgan fingerprint density at radius 3 is 2.77 bits per heavy atom. The molecule has 0 aliphatic carbocycles. The van der Waals surface area contributed by atoms with Crippen molar-refractivity contribution >= 4 is 5.91 Å². The highest BCUT2D eigenvalue weighted by Gasteiger charge is 2.32. The minimum absolute atomic E-state index is 0.0633. The molecular weight excluding hydrogens is 387 g/mol. The van der Waals surface area contributed by atoms with Gasteiger partial charge in [0.15, 0.2) is 0 Å². The van der Waals surface area contributed by atoms with E-state index in [-0.39, 0.29) is 12.0 Å². The number of rotatable bonds is 6. The number of amides is 1. The lowest BCUT2D eigenvalue weighted by molar-refractivity contribution is 0.0643. The molecule has 0 radical (unpaired) electrons. The molecule has 1 atom stereocenters. The van der Waals surface area contributed by atoms with Crippen molar-refractivity contribution in [3.63, 3.8) is 0 Å². The summed E-state index contributed by atoms with van der Waals surface area (Å²) in [5, 5.41) is 3.96. The van der Waals surface area contributed by atoms with Crippen LogP contribution < -0.4 is 4.74 Å². The number of hydrogen-bond donors (Lipinski definition) is 0. The van der Waals surface area contributed by atoms with Gasteiger partial charge >= 0.3 is 0 Å². The van der Waals surface area contributed by atoms with Crippen LogP contribution in [-0.4, -0.2) is 44.9 Å². The number of nitrogens with zero attached hydrogens (tertiary/aromatic N) is 4. The van der Waals surface area contributed by atoms with Gasteiger partial charge in [0.05, 0.1) is 18.0 Å². The maximum Gasteiger partial charge on any atom is 0.260 e. The zero-order valence-electron chi connectivity index (χ0n) is 16.3. The van der Waals surface area contributed by atoms with Crippen LogP contribution in [0.1, 0.15) is 34.3 Å². The minimum Gasteiger partial charge on any atom is -0.474 e. The van der Waals surface area contributed by atoms with Gasteiger partial charge in [-0.1, -0.05) is 12.1 Å². The average molecular weight is 408 g/mol. The minimum atomic E-state index is -0.420. The maximum absolute atomic E-state index is 13.7. The van der Waals surface area contributed by atoms with Crippen molar-refractivity contribution in [1.82, 2.24) is 19.7 Å². The lowest BCUT2D eigenvalue weighted by atomic mass is 10.2. The summed E-state index contributed by atoms with van der Waals surface area (Å²) in [7, 11) is 0. The van der Waals surface area contributed by atoms with Crippen molar-refractivity contribution in [2.24, 2.45) is 0 Å². The third kappa shape index (κ3) is 3.54. The standard InChI is InChI=1S/C22H21FN4O3/c23-19-8-10-25-27(19)17-5-3-15(4-6-17)12-26-13-16-7-9-24-21(20(16)22(26)28)30-14-18-2-1-11-29-18/h3-10,18H,1-2,11-14H2. The Hall–Kier alpha value is -3.26. The SMILES string of the molecule is O=C1c2c(ccnc2OCC2CCCO2)CN1Cc1ccc(-n2nccc2F)cc1. The summed E-state index contributed by atoms with van der Waals surface area (Å²) in [6, 6.07) is 10.5. The largest absolute Gasteiger partial charge is 0.474 e. The third-order valence-corrected chi connectivity index (χ3v) is 5.45. The van der Waals surface area contributed by atoms with Crippen LogP contribution in [0.5, 0.6) is 5.88 Å². The first-order valence-electron chi connectivity index (χ1n) is 9.99. The molecule has 3 aromatic rings. The van der Waals surface area contributed by atoms with E-state index in [1.165, 1.54) is 16.9 Å². The van der Waals surface area contributed by atoms with Crippen LogP contribution in [0.15, 0.2) is 48.8 Å². The molecule has 0 N–H and O–H groups in total. The Labute approximate surface area is 173 Å². The second-order valence-corrected chi connectivity index (χ2v) is 7.49. The second-order valence-electron chi connectivity index (χ2n) is 7.49. The zero-order chi connectivity index (χ0) is 20.5. The summed E-state index contributed by atoms with van der Waals surface area (Å²) >= 11 is 0. The van der Waals surface area contributed by atoms with Crippen LogP contribution in [0.3, 0.4) is 0 Å². The van der Waals surface area contributed by atoms with E-state index in [9.17, 15) is 9.18 Å². The predicted molar refractivity (Wildman–Crippen MR) is 106 cm³/mol. The summed E-state index contributed by atoms with van der Waals surface area (Å²) in [5.74, 6) is -0.140. The molecule has 1 fully saturated rings. The van der Waals surface area contributed by atoms with Crippen molar-refractivity contribution in [3.05, 3.63) is 71.4 Å². The summed E-state index contributed by atoms with van der Waals surface area (Å²) in [5.41, 5.74) is 3.02. The fourth-order valence-corrected chi connectivity index (χ4v) is 3.90. The van der Waals surface area contributed by atoms with E-state index in [1.807, 2.05) is 18.2 Å². The topological polar surface area (TPSA) is 69.5 Å².